The van der Waals surface area contributed by atoms with Crippen molar-refractivity contribution in [3.8, 4) is 23.1 Å². The van der Waals surface area contributed by atoms with E-state index in [-0.39, 0.29) is 10.8 Å². The lowest BCUT2D eigenvalue weighted by molar-refractivity contribution is 0.374. The van der Waals surface area contributed by atoms with E-state index in [2.05, 4.69) is 16.0 Å². The van der Waals surface area contributed by atoms with Gasteiger partial charge >= 0.3 is 0 Å². The number of benzene rings is 2. The van der Waals surface area contributed by atoms with Gasteiger partial charge in [0, 0.05) is 23.9 Å². The molecule has 0 amide bonds. The number of aromatic hydroxyl groups is 1. The van der Waals surface area contributed by atoms with Crippen molar-refractivity contribution in [2.45, 2.75) is 62.8 Å². The number of nitrogens with zero attached hydrogens (tertiary/aromatic N) is 4. The van der Waals surface area contributed by atoms with E-state index in [1.54, 1.807) is 42.6 Å². The van der Waals surface area contributed by atoms with E-state index in [4.69, 9.17) is 0 Å². The predicted octanol–water partition coefficient (Wildman–Crippen LogP) is 5.61. The van der Waals surface area contributed by atoms with E-state index < -0.39 is 32.2 Å². The van der Waals surface area contributed by atoms with Crippen LogP contribution in [0, 0.1) is 24.2 Å². The molecule has 9 heteroatoms. The topological polar surface area (TPSA) is 126 Å². The lowest BCUT2D eigenvalue weighted by Gasteiger charge is -2.27. The number of unbranched alkanes of at least 4 members (excludes halogenated alkanes) is 1. The zero-order valence-electron chi connectivity index (χ0n) is 23.0. The zero-order valence-corrected chi connectivity index (χ0v) is 23.8. The average molecular weight is 557 g/mol. The van der Waals surface area contributed by atoms with E-state index >= 15 is 0 Å². The highest BCUT2D eigenvalue weighted by molar-refractivity contribution is 7.91. The van der Waals surface area contributed by atoms with Crippen LogP contribution in [0.3, 0.4) is 0 Å². The smallest absolute Gasteiger partial charge is 0.277 e. The van der Waals surface area contributed by atoms with Gasteiger partial charge < -0.3 is 5.11 Å². The van der Waals surface area contributed by atoms with Crippen molar-refractivity contribution in [3.05, 3.63) is 99.9 Å². The number of aryl methyl sites for hydroxylation is 2. The van der Waals surface area contributed by atoms with Gasteiger partial charge in [-0.1, -0.05) is 57.5 Å². The van der Waals surface area contributed by atoms with Crippen LogP contribution < -0.4 is 5.56 Å². The Morgan fingerprint density at radius 1 is 1.07 bits per heavy atom. The fraction of sp³-hybridized carbons (Fsp3) is 0.290. The normalized spacial score (nSPS) is 12.3. The van der Waals surface area contributed by atoms with E-state index in [1.165, 1.54) is 16.7 Å². The molecule has 0 aliphatic heterocycles. The van der Waals surface area contributed by atoms with Crippen LogP contribution in [0.1, 0.15) is 62.3 Å². The van der Waals surface area contributed by atoms with Gasteiger partial charge in [0.1, 0.15) is 5.82 Å². The number of aromatic nitrogens is 3. The van der Waals surface area contributed by atoms with Crippen molar-refractivity contribution in [2.24, 2.45) is 5.92 Å². The van der Waals surface area contributed by atoms with Crippen molar-refractivity contribution in [1.29, 1.82) is 5.26 Å². The lowest BCUT2D eigenvalue weighted by atomic mass is 9.94. The summed E-state index contributed by atoms with van der Waals surface area (Å²) < 4.78 is 29.0. The van der Waals surface area contributed by atoms with E-state index in [0.717, 1.165) is 23.2 Å². The Kier molecular flexibility index (Phi) is 8.50. The molecule has 0 aliphatic rings. The van der Waals surface area contributed by atoms with Crippen LogP contribution in [0.2, 0.25) is 0 Å². The molecule has 1 atom stereocenters. The first-order valence-electron chi connectivity index (χ1n) is 13.2. The Balaban J connectivity index is 1.91. The molecular weight excluding hydrogens is 524 g/mol. The Morgan fingerprint density at radius 3 is 2.42 bits per heavy atom. The van der Waals surface area contributed by atoms with Crippen LogP contribution >= 0.6 is 0 Å². The van der Waals surface area contributed by atoms with Gasteiger partial charge in [-0.2, -0.15) is 10.2 Å². The molecule has 0 spiro atoms. The fourth-order valence-corrected chi connectivity index (χ4v) is 6.27. The Hall–Kier alpha value is -4.29. The minimum absolute atomic E-state index is 0.132. The summed E-state index contributed by atoms with van der Waals surface area (Å²) >= 11 is 0. The van der Waals surface area contributed by atoms with Crippen molar-refractivity contribution >= 4 is 9.84 Å². The molecule has 0 unspecified atom stereocenters. The number of rotatable bonds is 9. The molecule has 206 valence electrons. The maximum absolute atomic E-state index is 14.1. The van der Waals surface area contributed by atoms with Crippen molar-refractivity contribution in [1.82, 2.24) is 14.5 Å². The molecule has 0 aliphatic carbocycles. The summed E-state index contributed by atoms with van der Waals surface area (Å²) in [5.41, 5.74) is 2.70. The minimum Gasteiger partial charge on any atom is -0.492 e. The molecule has 2 aromatic carbocycles. The number of pyridine rings is 1. The fourth-order valence-electron chi connectivity index (χ4n) is 4.93. The molecule has 0 radical (unpaired) electrons. The number of hydrogen-bond acceptors (Lipinski definition) is 7. The van der Waals surface area contributed by atoms with Gasteiger partial charge in [0.2, 0.25) is 15.7 Å². The second-order valence-corrected chi connectivity index (χ2v) is 11.9. The molecule has 40 heavy (non-hydrogen) atoms. The quantitative estimate of drug-likeness (QED) is 0.284. The summed E-state index contributed by atoms with van der Waals surface area (Å²) in [7, 11) is -4.44. The Labute approximate surface area is 234 Å². The highest BCUT2D eigenvalue weighted by atomic mass is 32.2. The molecule has 4 aromatic rings. The molecule has 0 bridgehead atoms. The monoisotopic (exact) mass is 556 g/mol. The summed E-state index contributed by atoms with van der Waals surface area (Å²) in [6.07, 6.45) is 3.57. The Morgan fingerprint density at radius 2 is 1.80 bits per heavy atom. The lowest BCUT2D eigenvalue weighted by Crippen LogP contribution is -2.35. The van der Waals surface area contributed by atoms with Gasteiger partial charge in [0.15, 0.2) is 4.90 Å². The third-order valence-corrected chi connectivity index (χ3v) is 8.69. The molecule has 2 heterocycles. The summed E-state index contributed by atoms with van der Waals surface area (Å²) in [6.45, 7) is 7.69. The number of sulfone groups is 1. The second kappa shape index (κ2) is 11.8. The van der Waals surface area contributed by atoms with Crippen LogP contribution in [-0.4, -0.2) is 28.1 Å². The number of nitriles is 1. The van der Waals surface area contributed by atoms with Gasteiger partial charge in [-0.05, 0) is 60.7 Å². The van der Waals surface area contributed by atoms with E-state index in [0.29, 0.717) is 29.8 Å². The first-order chi connectivity index (χ1) is 19.1. The van der Waals surface area contributed by atoms with Crippen LogP contribution in [0.15, 0.2) is 81.4 Å². The van der Waals surface area contributed by atoms with Crippen LogP contribution in [-0.2, 0) is 16.3 Å². The highest BCUT2D eigenvalue weighted by Gasteiger charge is 2.33. The third-order valence-electron chi connectivity index (χ3n) is 6.90. The van der Waals surface area contributed by atoms with E-state index in [1.807, 2.05) is 39.8 Å². The second-order valence-electron chi connectivity index (χ2n) is 10.0. The van der Waals surface area contributed by atoms with Gasteiger partial charge in [-0.15, -0.1) is 0 Å². The maximum atomic E-state index is 14.1. The Bertz CT molecular complexity index is 1740. The SMILES string of the molecule is CCCCc1nc(O)c(S(=O)(=O)c2ccc(-c3cccnc3C)cc2)c(=O)n1[C@H](c1cccc(C#N)c1)C(C)C. The average Bonchev–Trinajstić information content (AvgIpc) is 2.93. The van der Waals surface area contributed by atoms with Gasteiger partial charge in [-0.25, -0.2) is 8.42 Å². The molecule has 4 rings (SSSR count). The third kappa shape index (κ3) is 5.54. The van der Waals surface area contributed by atoms with Gasteiger partial charge in [0.05, 0.1) is 22.6 Å². The molecule has 2 aromatic heterocycles. The molecular formula is C31H32N4O4S. The molecule has 0 fully saturated rings. The first kappa shape index (κ1) is 28.7. The standard InChI is InChI=1S/C31H32N4O4S/c1-5-6-12-27-34-30(36)29(31(37)35(27)28(20(2)3)24-10-7-9-22(18-24)19-32)40(38,39)25-15-13-23(14-16-25)26-11-8-17-33-21(26)4/h7-11,13-18,20,28,36H,5-6,12H2,1-4H3/t28-/m0/s1. The van der Waals surface area contributed by atoms with Crippen LogP contribution in [0.5, 0.6) is 5.88 Å². The van der Waals surface area contributed by atoms with Crippen LogP contribution in [0.4, 0.5) is 0 Å². The summed E-state index contributed by atoms with van der Waals surface area (Å²) in [5.74, 6) is -0.671. The predicted molar refractivity (Wildman–Crippen MR) is 153 cm³/mol. The largest absolute Gasteiger partial charge is 0.492 e. The molecule has 0 saturated carbocycles. The van der Waals surface area contributed by atoms with Crippen molar-refractivity contribution < 1.29 is 13.5 Å². The summed E-state index contributed by atoms with van der Waals surface area (Å²) in [4.78, 5) is 21.8. The minimum atomic E-state index is -4.44. The van der Waals surface area contributed by atoms with Gasteiger partial charge in [-0.3, -0.25) is 14.3 Å². The van der Waals surface area contributed by atoms with Crippen molar-refractivity contribution in [2.75, 3.05) is 0 Å². The molecule has 8 nitrogen and oxygen atoms in total. The van der Waals surface area contributed by atoms with E-state index in [9.17, 15) is 23.6 Å². The molecule has 0 saturated heterocycles. The van der Waals surface area contributed by atoms with Crippen molar-refractivity contribution in [3.63, 3.8) is 0 Å². The zero-order chi connectivity index (χ0) is 29.0. The van der Waals surface area contributed by atoms with Crippen LogP contribution in [0.25, 0.3) is 11.1 Å². The number of hydrogen-bond donors (Lipinski definition) is 1. The summed E-state index contributed by atoms with van der Waals surface area (Å²) in [6, 6.07) is 18.3. The highest BCUT2D eigenvalue weighted by Crippen LogP contribution is 2.32. The molecule has 1 N–H and O–H groups in total. The van der Waals surface area contributed by atoms with Gasteiger partial charge in [0.25, 0.3) is 5.56 Å². The summed E-state index contributed by atoms with van der Waals surface area (Å²) in [5, 5.41) is 20.3. The maximum Gasteiger partial charge on any atom is 0.277 e. The first-order valence-corrected chi connectivity index (χ1v) is 14.7.